The van der Waals surface area contributed by atoms with Gasteiger partial charge in [0.25, 0.3) is 5.56 Å². The van der Waals surface area contributed by atoms with Crippen LogP contribution in [-0.4, -0.2) is 28.0 Å². The van der Waals surface area contributed by atoms with E-state index < -0.39 is 0 Å². The number of hydrogen-bond acceptors (Lipinski definition) is 4. The molecule has 0 aromatic carbocycles. The van der Waals surface area contributed by atoms with Crippen molar-refractivity contribution in [2.45, 2.75) is 43.4 Å². The topological polar surface area (TPSA) is 77.1 Å². The third kappa shape index (κ3) is 4.27. The highest BCUT2D eigenvalue weighted by atomic mass is 32.2. The molecule has 1 aromatic rings. The maximum atomic E-state index is 12.1. The Balaban J connectivity index is 1.92. The van der Waals surface area contributed by atoms with Crippen LogP contribution in [0, 0.1) is 0 Å². The summed E-state index contributed by atoms with van der Waals surface area (Å²) in [6.07, 6.45) is 9.65. The van der Waals surface area contributed by atoms with Crippen LogP contribution in [0.25, 0.3) is 0 Å². The van der Waals surface area contributed by atoms with Crippen LogP contribution in [0.3, 0.4) is 0 Å². The van der Waals surface area contributed by atoms with Crippen molar-refractivity contribution < 1.29 is 4.79 Å². The quantitative estimate of drug-likeness (QED) is 0.866. The molecule has 116 valence electrons. The van der Waals surface area contributed by atoms with Crippen LogP contribution in [0.5, 0.6) is 0 Å². The summed E-state index contributed by atoms with van der Waals surface area (Å²) in [5, 5.41) is 2.98. The van der Waals surface area contributed by atoms with Crippen LogP contribution in [0.15, 0.2) is 23.1 Å². The van der Waals surface area contributed by atoms with Crippen LogP contribution in [0.2, 0.25) is 0 Å². The number of anilines is 1. The smallest absolute Gasteiger partial charge is 0.251 e. The zero-order valence-electron chi connectivity index (χ0n) is 12.4. The molecule has 1 saturated carbocycles. The Morgan fingerprint density at radius 3 is 2.76 bits per heavy atom. The minimum absolute atomic E-state index is 0.0222. The summed E-state index contributed by atoms with van der Waals surface area (Å²) in [6.45, 7) is 0.693. The van der Waals surface area contributed by atoms with E-state index in [1.165, 1.54) is 36.1 Å². The Hall–Kier alpha value is -1.43. The van der Waals surface area contributed by atoms with Crippen LogP contribution in [0.1, 0.15) is 32.1 Å². The summed E-state index contributed by atoms with van der Waals surface area (Å²) in [5.41, 5.74) is 5.91. The van der Waals surface area contributed by atoms with Crippen LogP contribution < -0.4 is 16.6 Å². The summed E-state index contributed by atoms with van der Waals surface area (Å²) in [6, 6.07) is 2.93. The van der Waals surface area contributed by atoms with Crippen molar-refractivity contribution in [2.75, 3.05) is 18.5 Å². The molecule has 1 aromatic heterocycles. The predicted octanol–water partition coefficient (Wildman–Crippen LogP) is 1.61. The van der Waals surface area contributed by atoms with Gasteiger partial charge in [0.15, 0.2) is 0 Å². The Kier molecular flexibility index (Phi) is 5.33. The highest BCUT2D eigenvalue weighted by molar-refractivity contribution is 8.00. The number of pyridine rings is 1. The standard InChI is InChI=1S/C15H23N3O2S/c1-21-15(7-3-2-4-8-15)11-17-13(19)10-18-9-12(16)5-6-14(18)20/h5-6,9H,2-4,7-8,10-11,16H2,1H3,(H,17,19). The third-order valence-electron chi connectivity index (χ3n) is 4.13. The maximum absolute atomic E-state index is 12.1. The lowest BCUT2D eigenvalue weighted by molar-refractivity contribution is -0.121. The number of hydrogen-bond donors (Lipinski definition) is 2. The zero-order valence-corrected chi connectivity index (χ0v) is 13.2. The number of nitrogens with two attached hydrogens (primary N) is 1. The zero-order chi connectivity index (χ0) is 15.3. The van der Waals surface area contributed by atoms with E-state index in [4.69, 9.17) is 5.73 Å². The number of carbonyl (C=O) groups is 1. The van der Waals surface area contributed by atoms with Gasteiger partial charge < -0.3 is 15.6 Å². The molecule has 1 fully saturated rings. The second kappa shape index (κ2) is 7.02. The first-order valence-electron chi connectivity index (χ1n) is 7.32. The largest absolute Gasteiger partial charge is 0.398 e. The number of nitrogen functional groups attached to an aromatic ring is 1. The second-order valence-corrected chi connectivity index (χ2v) is 6.93. The van der Waals surface area contributed by atoms with E-state index in [1.807, 2.05) is 11.8 Å². The first kappa shape index (κ1) is 15.9. The van der Waals surface area contributed by atoms with Crippen molar-refractivity contribution in [2.24, 2.45) is 0 Å². The van der Waals surface area contributed by atoms with Gasteiger partial charge >= 0.3 is 0 Å². The van der Waals surface area contributed by atoms with E-state index in [0.717, 1.165) is 12.8 Å². The molecule has 5 nitrogen and oxygen atoms in total. The molecule has 1 aliphatic rings. The number of carbonyl (C=O) groups excluding carboxylic acids is 1. The van der Waals surface area contributed by atoms with E-state index in [0.29, 0.717) is 12.2 Å². The fraction of sp³-hybridized carbons (Fsp3) is 0.600. The van der Waals surface area contributed by atoms with Gasteiger partial charge in [-0.2, -0.15) is 11.8 Å². The molecule has 2 rings (SSSR count). The number of amides is 1. The Bertz CT molecular complexity index is 550. The van der Waals surface area contributed by atoms with Crippen molar-refractivity contribution in [3.8, 4) is 0 Å². The van der Waals surface area contributed by atoms with E-state index in [9.17, 15) is 9.59 Å². The number of thioether (sulfide) groups is 1. The molecule has 0 atom stereocenters. The predicted molar refractivity (Wildman–Crippen MR) is 87.5 cm³/mol. The van der Waals surface area contributed by atoms with E-state index >= 15 is 0 Å². The van der Waals surface area contributed by atoms with Gasteiger partial charge in [-0.25, -0.2) is 0 Å². The summed E-state index contributed by atoms with van der Waals surface area (Å²) in [7, 11) is 0. The summed E-state index contributed by atoms with van der Waals surface area (Å²) in [5.74, 6) is -0.137. The van der Waals surface area contributed by atoms with E-state index in [1.54, 1.807) is 6.07 Å². The van der Waals surface area contributed by atoms with Crippen molar-refractivity contribution in [1.82, 2.24) is 9.88 Å². The van der Waals surface area contributed by atoms with Gasteiger partial charge in [0, 0.05) is 29.2 Å². The van der Waals surface area contributed by atoms with E-state index in [2.05, 4.69) is 11.6 Å². The van der Waals surface area contributed by atoms with Gasteiger partial charge in [-0.05, 0) is 25.2 Å². The summed E-state index contributed by atoms with van der Waals surface area (Å²) >= 11 is 1.84. The first-order valence-corrected chi connectivity index (χ1v) is 8.55. The van der Waals surface area contributed by atoms with Crippen molar-refractivity contribution in [3.63, 3.8) is 0 Å². The Morgan fingerprint density at radius 2 is 2.10 bits per heavy atom. The van der Waals surface area contributed by atoms with Gasteiger partial charge in [0.1, 0.15) is 6.54 Å². The van der Waals surface area contributed by atoms with Crippen LogP contribution >= 0.6 is 11.8 Å². The molecule has 21 heavy (non-hydrogen) atoms. The molecule has 3 N–H and O–H groups in total. The Labute approximate surface area is 129 Å². The molecule has 6 heteroatoms. The molecule has 0 bridgehead atoms. The lowest BCUT2D eigenvalue weighted by atomic mass is 9.88. The first-order chi connectivity index (χ1) is 10.0. The van der Waals surface area contributed by atoms with Gasteiger partial charge in [0.05, 0.1) is 0 Å². The lowest BCUT2D eigenvalue weighted by Gasteiger charge is -2.35. The highest BCUT2D eigenvalue weighted by Crippen LogP contribution is 2.37. The van der Waals surface area contributed by atoms with Gasteiger partial charge in [-0.3, -0.25) is 9.59 Å². The maximum Gasteiger partial charge on any atom is 0.251 e. The summed E-state index contributed by atoms with van der Waals surface area (Å²) < 4.78 is 1.51. The third-order valence-corrected chi connectivity index (χ3v) is 5.54. The SMILES string of the molecule is CSC1(CNC(=O)Cn2cc(N)ccc2=O)CCCCC1. The highest BCUT2D eigenvalue weighted by Gasteiger charge is 2.31. The molecule has 1 heterocycles. The molecule has 1 amide bonds. The number of nitrogens with zero attached hydrogens (tertiary/aromatic N) is 1. The average molecular weight is 309 g/mol. The number of rotatable bonds is 5. The fourth-order valence-corrected chi connectivity index (χ4v) is 3.71. The van der Waals surface area contributed by atoms with Crippen LogP contribution in [0.4, 0.5) is 5.69 Å². The summed E-state index contributed by atoms with van der Waals surface area (Å²) in [4.78, 5) is 23.7. The minimum atomic E-state index is -0.211. The molecule has 1 aliphatic carbocycles. The van der Waals surface area contributed by atoms with Crippen molar-refractivity contribution in [3.05, 3.63) is 28.7 Å². The monoisotopic (exact) mass is 309 g/mol. The lowest BCUT2D eigenvalue weighted by Crippen LogP contribution is -2.43. The molecule has 0 aliphatic heterocycles. The average Bonchev–Trinajstić information content (AvgIpc) is 2.50. The van der Waals surface area contributed by atoms with Crippen LogP contribution in [-0.2, 0) is 11.3 Å². The molecule has 0 spiro atoms. The van der Waals surface area contributed by atoms with Gasteiger partial charge in [-0.1, -0.05) is 19.3 Å². The number of nitrogens with one attached hydrogen (secondary N) is 1. The van der Waals surface area contributed by atoms with Gasteiger partial charge in [-0.15, -0.1) is 0 Å². The minimum Gasteiger partial charge on any atom is -0.398 e. The number of aromatic nitrogens is 1. The van der Waals surface area contributed by atoms with Crippen molar-refractivity contribution >= 4 is 23.4 Å². The van der Waals surface area contributed by atoms with Gasteiger partial charge in [0.2, 0.25) is 5.91 Å². The van der Waals surface area contributed by atoms with Crippen molar-refractivity contribution in [1.29, 1.82) is 0 Å². The molecule has 0 unspecified atom stereocenters. The molecular formula is C15H23N3O2S. The molecule has 0 saturated heterocycles. The molecular weight excluding hydrogens is 286 g/mol. The van der Waals surface area contributed by atoms with E-state index in [-0.39, 0.29) is 22.8 Å². The fourth-order valence-electron chi connectivity index (χ4n) is 2.79. The Morgan fingerprint density at radius 1 is 1.38 bits per heavy atom. The second-order valence-electron chi connectivity index (χ2n) is 5.65. The normalized spacial score (nSPS) is 17.4. The molecule has 0 radical (unpaired) electrons.